The van der Waals surface area contributed by atoms with Crippen LogP contribution in [-0.4, -0.2) is 35.7 Å². The first-order chi connectivity index (χ1) is 8.02. The van der Waals surface area contributed by atoms with E-state index < -0.39 is 0 Å². The summed E-state index contributed by atoms with van der Waals surface area (Å²) < 4.78 is 5.52. The predicted molar refractivity (Wildman–Crippen MR) is 68.7 cm³/mol. The predicted octanol–water partition coefficient (Wildman–Crippen LogP) is 2.41. The monoisotopic (exact) mass is 258 g/mol. The van der Waals surface area contributed by atoms with Crippen LogP contribution in [0.25, 0.3) is 0 Å². The number of hydrogen-bond donors (Lipinski definition) is 0. The van der Waals surface area contributed by atoms with E-state index in [1.165, 1.54) is 0 Å². The summed E-state index contributed by atoms with van der Waals surface area (Å²) >= 11 is 5.80. The van der Waals surface area contributed by atoms with E-state index in [1.54, 1.807) is 4.90 Å². The molecule has 0 aliphatic carbocycles. The SMILES string of the molecule is CCCC(C)COc1nc(Cl)nc(N(C)C)n1. The first-order valence-electron chi connectivity index (χ1n) is 5.74. The lowest BCUT2D eigenvalue weighted by molar-refractivity contribution is 0.233. The van der Waals surface area contributed by atoms with Crippen LogP contribution >= 0.6 is 11.6 Å². The van der Waals surface area contributed by atoms with Gasteiger partial charge in [-0.15, -0.1) is 0 Å². The van der Waals surface area contributed by atoms with Gasteiger partial charge in [-0.05, 0) is 23.9 Å². The van der Waals surface area contributed by atoms with Gasteiger partial charge in [-0.25, -0.2) is 0 Å². The number of nitrogens with zero attached hydrogens (tertiary/aromatic N) is 4. The minimum atomic E-state index is 0.154. The normalized spacial score (nSPS) is 12.3. The van der Waals surface area contributed by atoms with E-state index in [-0.39, 0.29) is 11.3 Å². The van der Waals surface area contributed by atoms with Crippen molar-refractivity contribution in [1.29, 1.82) is 0 Å². The number of ether oxygens (including phenoxy) is 1. The van der Waals surface area contributed by atoms with Gasteiger partial charge in [-0.2, -0.15) is 15.0 Å². The van der Waals surface area contributed by atoms with Crippen molar-refractivity contribution in [3.05, 3.63) is 5.28 Å². The highest BCUT2D eigenvalue weighted by Crippen LogP contribution is 2.14. The average molecular weight is 259 g/mol. The largest absolute Gasteiger partial charge is 0.463 e. The minimum Gasteiger partial charge on any atom is -0.463 e. The standard InChI is InChI=1S/C11H19ClN4O/c1-5-6-8(2)7-17-11-14-9(12)13-10(15-11)16(3)4/h8H,5-7H2,1-4H3. The summed E-state index contributed by atoms with van der Waals surface area (Å²) in [5.41, 5.74) is 0. The Morgan fingerprint density at radius 2 is 2.00 bits per heavy atom. The number of rotatable bonds is 6. The maximum absolute atomic E-state index is 5.80. The van der Waals surface area contributed by atoms with Gasteiger partial charge in [0.15, 0.2) is 0 Å². The zero-order valence-corrected chi connectivity index (χ0v) is 11.5. The minimum absolute atomic E-state index is 0.154. The molecule has 96 valence electrons. The van der Waals surface area contributed by atoms with Gasteiger partial charge in [0.25, 0.3) is 0 Å². The third kappa shape index (κ3) is 4.73. The quantitative estimate of drug-likeness (QED) is 0.784. The van der Waals surface area contributed by atoms with Crippen LogP contribution in [0.4, 0.5) is 5.95 Å². The Morgan fingerprint density at radius 1 is 1.29 bits per heavy atom. The van der Waals surface area contributed by atoms with E-state index in [0.717, 1.165) is 12.8 Å². The summed E-state index contributed by atoms with van der Waals surface area (Å²) in [5.74, 6) is 0.987. The second-order valence-electron chi connectivity index (χ2n) is 4.29. The fourth-order valence-electron chi connectivity index (χ4n) is 1.38. The van der Waals surface area contributed by atoms with E-state index in [0.29, 0.717) is 18.5 Å². The van der Waals surface area contributed by atoms with Crippen LogP contribution in [0.1, 0.15) is 26.7 Å². The van der Waals surface area contributed by atoms with Crippen LogP contribution in [0.5, 0.6) is 6.01 Å². The molecule has 0 saturated carbocycles. The van der Waals surface area contributed by atoms with Crippen LogP contribution in [0.15, 0.2) is 0 Å². The van der Waals surface area contributed by atoms with Crippen LogP contribution in [0.2, 0.25) is 5.28 Å². The smallest absolute Gasteiger partial charge is 0.322 e. The summed E-state index contributed by atoms with van der Waals surface area (Å²) in [6, 6.07) is 0.289. The number of hydrogen-bond acceptors (Lipinski definition) is 5. The fraction of sp³-hybridized carbons (Fsp3) is 0.727. The van der Waals surface area contributed by atoms with Crippen molar-refractivity contribution < 1.29 is 4.74 Å². The molecule has 6 heteroatoms. The molecule has 0 aliphatic rings. The Morgan fingerprint density at radius 3 is 2.59 bits per heavy atom. The van der Waals surface area contributed by atoms with Crippen molar-refractivity contribution in [2.24, 2.45) is 5.92 Å². The molecule has 1 aromatic rings. The zero-order chi connectivity index (χ0) is 12.8. The summed E-state index contributed by atoms with van der Waals surface area (Å²) in [6.07, 6.45) is 2.27. The lowest BCUT2D eigenvalue weighted by Crippen LogP contribution is -2.16. The molecule has 1 unspecified atom stereocenters. The molecule has 0 bridgehead atoms. The maximum atomic E-state index is 5.80. The molecule has 0 spiro atoms. The van der Waals surface area contributed by atoms with Gasteiger partial charge in [0.1, 0.15) is 0 Å². The fourth-order valence-corrected chi connectivity index (χ4v) is 1.53. The van der Waals surface area contributed by atoms with Crippen LogP contribution in [0.3, 0.4) is 0 Å². The zero-order valence-electron chi connectivity index (χ0n) is 10.8. The summed E-state index contributed by atoms with van der Waals surface area (Å²) in [5, 5.41) is 0.154. The van der Waals surface area contributed by atoms with Crippen molar-refractivity contribution in [3.63, 3.8) is 0 Å². The molecule has 0 N–H and O–H groups in total. The van der Waals surface area contributed by atoms with Gasteiger partial charge in [0.2, 0.25) is 11.2 Å². The summed E-state index contributed by atoms with van der Waals surface area (Å²) in [7, 11) is 3.68. The molecule has 0 radical (unpaired) electrons. The molecular formula is C11H19ClN4O. The molecule has 5 nitrogen and oxygen atoms in total. The third-order valence-corrected chi connectivity index (χ3v) is 2.42. The summed E-state index contributed by atoms with van der Waals surface area (Å²) in [6.45, 7) is 4.89. The van der Waals surface area contributed by atoms with E-state index in [9.17, 15) is 0 Å². The second kappa shape index (κ2) is 6.59. The van der Waals surface area contributed by atoms with Crippen LogP contribution < -0.4 is 9.64 Å². The molecule has 0 aromatic carbocycles. The van der Waals surface area contributed by atoms with Crippen molar-refractivity contribution in [3.8, 4) is 6.01 Å². The Bertz CT molecular complexity index is 359. The van der Waals surface area contributed by atoms with Gasteiger partial charge in [0.05, 0.1) is 6.61 Å². The Kier molecular flexibility index (Phi) is 5.41. The number of anilines is 1. The van der Waals surface area contributed by atoms with Crippen molar-refractivity contribution >= 4 is 17.5 Å². The highest BCUT2D eigenvalue weighted by Gasteiger charge is 2.09. The van der Waals surface area contributed by atoms with Crippen LogP contribution in [-0.2, 0) is 0 Å². The van der Waals surface area contributed by atoms with Gasteiger partial charge in [-0.3, -0.25) is 0 Å². The van der Waals surface area contributed by atoms with Crippen molar-refractivity contribution in [2.45, 2.75) is 26.7 Å². The molecule has 0 aliphatic heterocycles. The lowest BCUT2D eigenvalue weighted by Gasteiger charge is -2.13. The number of aromatic nitrogens is 3. The molecule has 1 heterocycles. The van der Waals surface area contributed by atoms with Gasteiger partial charge in [0, 0.05) is 14.1 Å². The van der Waals surface area contributed by atoms with Gasteiger partial charge in [-0.1, -0.05) is 20.3 Å². The van der Waals surface area contributed by atoms with Gasteiger partial charge < -0.3 is 9.64 Å². The molecule has 17 heavy (non-hydrogen) atoms. The van der Waals surface area contributed by atoms with E-state index in [1.807, 2.05) is 14.1 Å². The number of halogens is 1. The molecule has 1 atom stereocenters. The van der Waals surface area contributed by atoms with E-state index >= 15 is 0 Å². The molecule has 1 aromatic heterocycles. The highest BCUT2D eigenvalue weighted by atomic mass is 35.5. The Labute approximate surface area is 107 Å². The first-order valence-corrected chi connectivity index (χ1v) is 6.12. The van der Waals surface area contributed by atoms with Crippen molar-refractivity contribution in [2.75, 3.05) is 25.6 Å². The van der Waals surface area contributed by atoms with Gasteiger partial charge >= 0.3 is 6.01 Å². The molecule has 0 saturated heterocycles. The van der Waals surface area contributed by atoms with E-state index in [4.69, 9.17) is 16.3 Å². The molecular weight excluding hydrogens is 240 g/mol. The average Bonchev–Trinajstić information content (AvgIpc) is 2.26. The second-order valence-corrected chi connectivity index (χ2v) is 4.62. The maximum Gasteiger partial charge on any atom is 0.322 e. The summed E-state index contributed by atoms with van der Waals surface area (Å²) in [4.78, 5) is 13.9. The molecule has 1 rings (SSSR count). The van der Waals surface area contributed by atoms with Crippen LogP contribution in [0, 0.1) is 5.92 Å². The van der Waals surface area contributed by atoms with Crippen molar-refractivity contribution in [1.82, 2.24) is 15.0 Å². The lowest BCUT2D eigenvalue weighted by atomic mass is 10.1. The molecule has 0 fully saturated rings. The first kappa shape index (κ1) is 14.0. The Balaban J connectivity index is 2.64. The topological polar surface area (TPSA) is 51.1 Å². The Hall–Kier alpha value is -1.10. The molecule has 0 amide bonds. The van der Waals surface area contributed by atoms with E-state index in [2.05, 4.69) is 28.8 Å². The highest BCUT2D eigenvalue weighted by molar-refractivity contribution is 6.28. The third-order valence-electron chi connectivity index (χ3n) is 2.25.